The molecule has 12 nitrogen and oxygen atoms in total. The fourth-order valence-electron chi connectivity index (χ4n) is 3.07. The number of carbonyl (C=O) groups excluding carboxylic acids is 2. The van der Waals surface area contributed by atoms with Gasteiger partial charge in [-0.1, -0.05) is 0 Å². The third-order valence-electron chi connectivity index (χ3n) is 5.41. The van der Waals surface area contributed by atoms with Gasteiger partial charge in [0.2, 0.25) is 34.8 Å². The van der Waals surface area contributed by atoms with E-state index >= 15 is 0 Å². The van der Waals surface area contributed by atoms with Gasteiger partial charge < -0.3 is 47.4 Å². The Morgan fingerprint density at radius 2 is 0.630 bits per heavy atom. The van der Waals surface area contributed by atoms with E-state index in [2.05, 4.69) is 4.74 Å². The molecular formula is C29H43F5O12. The van der Waals surface area contributed by atoms with Crippen LogP contribution in [-0.4, -0.2) is 131 Å². The molecule has 0 saturated carbocycles. The van der Waals surface area contributed by atoms with Crippen LogP contribution in [0, 0.1) is 29.1 Å². The highest BCUT2D eigenvalue weighted by atomic mass is 19.2. The largest absolute Gasteiger partial charge is 0.420 e. The van der Waals surface area contributed by atoms with Gasteiger partial charge in [0.15, 0.2) is 0 Å². The lowest BCUT2D eigenvalue weighted by atomic mass is 10.2. The molecule has 1 rings (SSSR count). The number of ketones is 1. The maximum atomic E-state index is 13.5. The molecule has 0 fully saturated rings. The fraction of sp³-hybridized carbons (Fsp3) is 0.724. The van der Waals surface area contributed by atoms with Gasteiger partial charge in [0.25, 0.3) is 0 Å². The summed E-state index contributed by atoms with van der Waals surface area (Å²) in [5.74, 6) is -14.0. The summed E-state index contributed by atoms with van der Waals surface area (Å²) in [4.78, 5) is 22.4. The van der Waals surface area contributed by atoms with Crippen molar-refractivity contribution in [3.8, 4) is 5.75 Å². The second kappa shape index (κ2) is 27.7. The molecule has 0 heterocycles. The number of hydrogen-bond donors (Lipinski definition) is 0. The van der Waals surface area contributed by atoms with Crippen LogP contribution in [0.5, 0.6) is 5.75 Å². The average molecular weight is 679 g/mol. The molecule has 266 valence electrons. The SMILES string of the molecule is CC(=O)CCOCCOCCOCCOCCOCCOCCOCCOCCOCCC(=O)Oc1c(F)c(F)c(F)c(F)c1F. The molecule has 0 unspecified atom stereocenters. The molecule has 0 bridgehead atoms. The lowest BCUT2D eigenvalue weighted by Gasteiger charge is -2.09. The Morgan fingerprint density at radius 1 is 0.391 bits per heavy atom. The first-order valence-corrected chi connectivity index (χ1v) is 14.7. The number of carbonyl (C=O) groups is 2. The van der Waals surface area contributed by atoms with Crippen molar-refractivity contribution in [2.75, 3.05) is 119 Å². The van der Waals surface area contributed by atoms with Crippen LogP contribution in [0.3, 0.4) is 0 Å². The Bertz CT molecular complexity index is 944. The molecule has 46 heavy (non-hydrogen) atoms. The summed E-state index contributed by atoms with van der Waals surface area (Å²) in [7, 11) is 0. The van der Waals surface area contributed by atoms with Crippen LogP contribution in [0.1, 0.15) is 19.8 Å². The summed E-state index contributed by atoms with van der Waals surface area (Å²) < 4.78 is 118. The van der Waals surface area contributed by atoms with E-state index in [0.717, 1.165) is 0 Å². The maximum Gasteiger partial charge on any atom is 0.313 e. The molecule has 17 heteroatoms. The summed E-state index contributed by atoms with van der Waals surface area (Å²) >= 11 is 0. The van der Waals surface area contributed by atoms with Crippen molar-refractivity contribution in [1.82, 2.24) is 0 Å². The zero-order valence-electron chi connectivity index (χ0n) is 25.9. The van der Waals surface area contributed by atoms with E-state index in [9.17, 15) is 31.5 Å². The minimum atomic E-state index is -2.35. The molecule has 0 spiro atoms. The monoisotopic (exact) mass is 678 g/mol. The van der Waals surface area contributed by atoms with Gasteiger partial charge in [-0.15, -0.1) is 0 Å². The number of Topliss-reactive ketones (excluding diaryl/α,β-unsaturated/α-hetero) is 1. The van der Waals surface area contributed by atoms with E-state index in [0.29, 0.717) is 98.9 Å². The summed E-state index contributed by atoms with van der Waals surface area (Å²) in [5, 5.41) is 0. The maximum absolute atomic E-state index is 13.5. The summed E-state index contributed by atoms with van der Waals surface area (Å²) in [6.07, 6.45) is -0.0742. The molecule has 0 aliphatic heterocycles. The second-order valence-electron chi connectivity index (χ2n) is 9.09. The number of esters is 1. The van der Waals surface area contributed by atoms with Crippen LogP contribution < -0.4 is 4.74 Å². The van der Waals surface area contributed by atoms with Crippen LogP contribution in [0.2, 0.25) is 0 Å². The Balaban J connectivity index is 1.78. The third kappa shape index (κ3) is 20.7. The third-order valence-corrected chi connectivity index (χ3v) is 5.41. The Labute approximate surface area is 264 Å². The van der Waals surface area contributed by atoms with Gasteiger partial charge in [0.05, 0.1) is 125 Å². The highest BCUT2D eigenvalue weighted by Gasteiger charge is 2.28. The lowest BCUT2D eigenvalue weighted by molar-refractivity contribution is -0.136. The molecule has 1 aromatic carbocycles. The quantitative estimate of drug-likeness (QED) is 0.0286. The molecular weight excluding hydrogens is 635 g/mol. The lowest BCUT2D eigenvalue weighted by Crippen LogP contribution is -2.16. The molecule has 0 aliphatic carbocycles. The first-order valence-electron chi connectivity index (χ1n) is 14.7. The minimum Gasteiger partial charge on any atom is -0.420 e. The van der Waals surface area contributed by atoms with Crippen molar-refractivity contribution < 1.29 is 78.9 Å². The predicted molar refractivity (Wildman–Crippen MR) is 149 cm³/mol. The van der Waals surface area contributed by atoms with Gasteiger partial charge in [-0.3, -0.25) is 9.59 Å². The molecule has 0 aliphatic rings. The number of rotatable bonds is 31. The van der Waals surface area contributed by atoms with Crippen molar-refractivity contribution in [1.29, 1.82) is 0 Å². The number of halogens is 5. The molecule has 1 aromatic rings. The highest BCUT2D eigenvalue weighted by molar-refractivity contribution is 5.75. The Kier molecular flexibility index (Phi) is 25.1. The zero-order valence-corrected chi connectivity index (χ0v) is 25.9. The number of ether oxygens (including phenoxy) is 10. The first kappa shape index (κ1) is 41.7. The van der Waals surface area contributed by atoms with E-state index in [-0.39, 0.29) is 32.2 Å². The van der Waals surface area contributed by atoms with Gasteiger partial charge in [0.1, 0.15) is 5.78 Å². The van der Waals surface area contributed by atoms with Gasteiger partial charge in [-0.2, -0.15) is 8.78 Å². The topological polar surface area (TPSA) is 126 Å². The van der Waals surface area contributed by atoms with Crippen molar-refractivity contribution in [2.24, 2.45) is 0 Å². The van der Waals surface area contributed by atoms with Crippen LogP contribution in [0.4, 0.5) is 22.0 Å². The van der Waals surface area contributed by atoms with Crippen molar-refractivity contribution >= 4 is 11.8 Å². The molecule has 0 saturated heterocycles. The van der Waals surface area contributed by atoms with E-state index in [1.165, 1.54) is 6.92 Å². The van der Waals surface area contributed by atoms with Gasteiger partial charge in [-0.05, 0) is 6.92 Å². The minimum absolute atomic E-state index is 0.0791. The smallest absolute Gasteiger partial charge is 0.313 e. The number of benzene rings is 1. The summed E-state index contributed by atoms with van der Waals surface area (Å²) in [5.41, 5.74) is 0. The van der Waals surface area contributed by atoms with Crippen LogP contribution in [0.15, 0.2) is 0 Å². The van der Waals surface area contributed by atoms with Crippen molar-refractivity contribution in [2.45, 2.75) is 19.8 Å². The van der Waals surface area contributed by atoms with Crippen molar-refractivity contribution in [3.63, 3.8) is 0 Å². The van der Waals surface area contributed by atoms with Crippen LogP contribution in [-0.2, 0) is 52.2 Å². The van der Waals surface area contributed by atoms with Crippen LogP contribution >= 0.6 is 0 Å². The zero-order chi connectivity index (χ0) is 33.8. The first-order chi connectivity index (χ1) is 22.3. The second-order valence-corrected chi connectivity index (χ2v) is 9.09. The highest BCUT2D eigenvalue weighted by Crippen LogP contribution is 2.29. The molecule has 0 atom stereocenters. The normalized spacial score (nSPS) is 11.3. The van der Waals surface area contributed by atoms with E-state index < -0.39 is 47.2 Å². The fourth-order valence-corrected chi connectivity index (χ4v) is 3.07. The van der Waals surface area contributed by atoms with Gasteiger partial charge in [0, 0.05) is 6.42 Å². The Morgan fingerprint density at radius 3 is 0.913 bits per heavy atom. The molecule has 0 radical (unpaired) electrons. The number of hydrogen-bond acceptors (Lipinski definition) is 12. The molecule has 0 amide bonds. The summed E-state index contributed by atoms with van der Waals surface area (Å²) in [6.45, 7) is 7.62. The van der Waals surface area contributed by atoms with E-state index in [1.807, 2.05) is 0 Å². The Hall–Kier alpha value is -2.35. The summed E-state index contributed by atoms with van der Waals surface area (Å²) in [6, 6.07) is 0. The van der Waals surface area contributed by atoms with Crippen LogP contribution in [0.25, 0.3) is 0 Å². The van der Waals surface area contributed by atoms with Gasteiger partial charge >= 0.3 is 5.97 Å². The van der Waals surface area contributed by atoms with Crippen molar-refractivity contribution in [3.05, 3.63) is 29.1 Å². The molecule has 0 N–H and O–H groups in total. The average Bonchev–Trinajstić information content (AvgIpc) is 3.04. The standard InChI is InChI=1S/C29H43F5O12/c1-22(35)2-4-37-6-8-39-10-12-41-14-16-43-18-20-45-21-19-44-17-15-42-13-11-40-9-7-38-5-3-23(36)46-29-27(33)25(31)24(30)26(32)28(29)34/h2-21H2,1H3. The predicted octanol–water partition coefficient (Wildman–Crippen LogP) is 2.81. The molecule has 0 aromatic heterocycles. The van der Waals surface area contributed by atoms with Gasteiger partial charge in [-0.25, -0.2) is 13.2 Å². The van der Waals surface area contributed by atoms with E-state index in [4.69, 9.17) is 42.6 Å². The van der Waals surface area contributed by atoms with E-state index in [1.54, 1.807) is 0 Å².